The fourth-order valence-electron chi connectivity index (χ4n) is 3.33. The summed E-state index contributed by atoms with van der Waals surface area (Å²) < 4.78 is 2.33. The smallest absolute Gasteiger partial charge is 0.0486 e. The number of para-hydroxylation sites is 1. The molecule has 0 unspecified atom stereocenters. The topological polar surface area (TPSA) is 17.0 Å². The number of fused-ring (bicyclic) bond motifs is 1. The van der Waals surface area contributed by atoms with E-state index in [1.807, 2.05) is 18.2 Å². The number of halogens is 1. The van der Waals surface area contributed by atoms with E-state index in [0.717, 1.165) is 24.7 Å². The molecule has 132 valence electrons. The Morgan fingerprint density at radius 2 is 1.88 bits per heavy atom. The maximum atomic E-state index is 6.14. The van der Waals surface area contributed by atoms with Gasteiger partial charge in [0.05, 0.1) is 0 Å². The lowest BCUT2D eigenvalue weighted by molar-refractivity contribution is 0.598. The average molecular weight is 355 g/mol. The lowest BCUT2D eigenvalue weighted by Crippen LogP contribution is -2.14. The number of nitrogens with one attached hydrogen (secondary N) is 1. The first-order valence-corrected chi connectivity index (χ1v) is 9.67. The van der Waals surface area contributed by atoms with Gasteiger partial charge in [0.15, 0.2) is 0 Å². The van der Waals surface area contributed by atoms with E-state index in [1.54, 1.807) is 0 Å². The number of benzene rings is 2. The van der Waals surface area contributed by atoms with Gasteiger partial charge >= 0.3 is 0 Å². The number of aromatic nitrogens is 1. The van der Waals surface area contributed by atoms with Gasteiger partial charge in [0, 0.05) is 35.2 Å². The molecule has 0 radical (unpaired) electrons. The van der Waals surface area contributed by atoms with E-state index >= 15 is 0 Å². The molecule has 1 aromatic heterocycles. The molecule has 0 fully saturated rings. The van der Waals surface area contributed by atoms with Crippen LogP contribution in [0.1, 0.15) is 43.7 Å². The fourth-order valence-corrected chi connectivity index (χ4v) is 3.54. The summed E-state index contributed by atoms with van der Waals surface area (Å²) in [6.07, 6.45) is 7.48. The van der Waals surface area contributed by atoms with Crippen molar-refractivity contribution >= 4 is 22.5 Å². The van der Waals surface area contributed by atoms with Crippen LogP contribution in [0.4, 0.5) is 0 Å². The summed E-state index contributed by atoms with van der Waals surface area (Å²) in [6.45, 7) is 5.11. The number of hydrogen-bond acceptors (Lipinski definition) is 1. The Kier molecular flexibility index (Phi) is 6.55. The third kappa shape index (κ3) is 4.87. The number of unbranched alkanes of at least 4 members (excludes halogenated alkanes) is 3. The number of hydrogen-bond donors (Lipinski definition) is 1. The highest BCUT2D eigenvalue weighted by Crippen LogP contribution is 2.23. The molecule has 1 heterocycles. The van der Waals surface area contributed by atoms with Crippen LogP contribution >= 0.6 is 11.6 Å². The predicted octanol–water partition coefficient (Wildman–Crippen LogP) is 6.01. The molecule has 0 atom stereocenters. The van der Waals surface area contributed by atoms with E-state index < -0.39 is 0 Å². The van der Waals surface area contributed by atoms with Crippen LogP contribution < -0.4 is 5.32 Å². The minimum atomic E-state index is 0.794. The van der Waals surface area contributed by atoms with Crippen molar-refractivity contribution in [3.05, 3.63) is 70.9 Å². The Hall–Kier alpha value is -1.77. The van der Waals surface area contributed by atoms with Crippen LogP contribution in [0.2, 0.25) is 5.02 Å². The zero-order valence-corrected chi connectivity index (χ0v) is 15.7. The minimum Gasteiger partial charge on any atom is -0.343 e. The van der Waals surface area contributed by atoms with Crippen molar-refractivity contribution in [1.82, 2.24) is 9.88 Å². The Labute approximate surface area is 155 Å². The van der Waals surface area contributed by atoms with Crippen molar-refractivity contribution in [3.63, 3.8) is 0 Å². The maximum absolute atomic E-state index is 6.14. The van der Waals surface area contributed by atoms with Gasteiger partial charge in [-0.3, -0.25) is 0 Å². The van der Waals surface area contributed by atoms with Crippen molar-refractivity contribution < 1.29 is 0 Å². The molecule has 0 aliphatic carbocycles. The molecule has 0 aliphatic rings. The van der Waals surface area contributed by atoms with E-state index in [1.165, 1.54) is 47.7 Å². The summed E-state index contributed by atoms with van der Waals surface area (Å²) in [4.78, 5) is 0. The van der Waals surface area contributed by atoms with Crippen LogP contribution in [0.15, 0.2) is 54.7 Å². The minimum absolute atomic E-state index is 0.794. The maximum Gasteiger partial charge on any atom is 0.0486 e. The van der Waals surface area contributed by atoms with Crippen molar-refractivity contribution in [1.29, 1.82) is 0 Å². The largest absolute Gasteiger partial charge is 0.343 e. The Bertz CT molecular complexity index is 807. The van der Waals surface area contributed by atoms with Crippen LogP contribution in [0.25, 0.3) is 10.9 Å². The van der Waals surface area contributed by atoms with E-state index in [-0.39, 0.29) is 0 Å². The van der Waals surface area contributed by atoms with Crippen molar-refractivity contribution in [2.24, 2.45) is 0 Å². The van der Waals surface area contributed by atoms with Crippen LogP contribution in [0, 0.1) is 0 Å². The molecule has 0 saturated carbocycles. The summed E-state index contributed by atoms with van der Waals surface area (Å²) in [6, 6.07) is 16.8. The second-order valence-electron chi connectivity index (χ2n) is 6.67. The van der Waals surface area contributed by atoms with Gasteiger partial charge in [-0.1, -0.05) is 68.1 Å². The number of rotatable bonds is 9. The Morgan fingerprint density at radius 3 is 2.72 bits per heavy atom. The zero-order chi connectivity index (χ0) is 17.5. The van der Waals surface area contributed by atoms with Crippen LogP contribution in [0.5, 0.6) is 0 Å². The van der Waals surface area contributed by atoms with Gasteiger partial charge in [-0.25, -0.2) is 0 Å². The van der Waals surface area contributed by atoms with Gasteiger partial charge in [-0.2, -0.15) is 0 Å². The molecule has 3 heteroatoms. The van der Waals surface area contributed by atoms with Crippen molar-refractivity contribution in [3.8, 4) is 0 Å². The predicted molar refractivity (Wildman–Crippen MR) is 108 cm³/mol. The second-order valence-corrected chi connectivity index (χ2v) is 7.10. The SMILES string of the molecule is CCCCCCNCc1cn(Cc2cccc(Cl)c2)c2ccccc12. The molecule has 0 bridgehead atoms. The molecular weight excluding hydrogens is 328 g/mol. The lowest BCUT2D eigenvalue weighted by Gasteiger charge is -2.06. The first-order valence-electron chi connectivity index (χ1n) is 9.30. The van der Waals surface area contributed by atoms with Crippen LogP contribution in [0.3, 0.4) is 0 Å². The van der Waals surface area contributed by atoms with Gasteiger partial charge in [0.2, 0.25) is 0 Å². The van der Waals surface area contributed by atoms with Gasteiger partial charge in [-0.15, -0.1) is 0 Å². The quantitative estimate of drug-likeness (QED) is 0.465. The Morgan fingerprint density at radius 1 is 1.00 bits per heavy atom. The molecule has 0 amide bonds. The molecule has 2 aromatic carbocycles. The molecule has 0 saturated heterocycles. The normalized spacial score (nSPS) is 11.3. The van der Waals surface area contributed by atoms with Crippen molar-refractivity contribution in [2.45, 2.75) is 45.7 Å². The molecular formula is C22H27ClN2. The van der Waals surface area contributed by atoms with Gasteiger partial charge in [0.25, 0.3) is 0 Å². The monoisotopic (exact) mass is 354 g/mol. The third-order valence-electron chi connectivity index (χ3n) is 4.64. The molecule has 3 aromatic rings. The van der Waals surface area contributed by atoms with Gasteiger partial charge < -0.3 is 9.88 Å². The lowest BCUT2D eigenvalue weighted by atomic mass is 10.1. The summed E-state index contributed by atoms with van der Waals surface area (Å²) in [5, 5.41) is 5.74. The van der Waals surface area contributed by atoms with Crippen LogP contribution in [-0.4, -0.2) is 11.1 Å². The first kappa shape index (κ1) is 18.0. The third-order valence-corrected chi connectivity index (χ3v) is 4.87. The van der Waals surface area contributed by atoms with E-state index in [9.17, 15) is 0 Å². The highest BCUT2D eigenvalue weighted by atomic mass is 35.5. The van der Waals surface area contributed by atoms with Gasteiger partial charge in [-0.05, 0) is 42.3 Å². The summed E-state index contributed by atoms with van der Waals surface area (Å²) in [5.41, 5.74) is 3.88. The molecule has 0 spiro atoms. The summed E-state index contributed by atoms with van der Waals surface area (Å²) in [5.74, 6) is 0. The Balaban J connectivity index is 1.71. The van der Waals surface area contributed by atoms with Gasteiger partial charge in [0.1, 0.15) is 0 Å². The first-order chi connectivity index (χ1) is 12.3. The van der Waals surface area contributed by atoms with E-state index in [4.69, 9.17) is 11.6 Å². The van der Waals surface area contributed by atoms with E-state index in [0.29, 0.717) is 0 Å². The standard InChI is InChI=1S/C22H27ClN2/c1-2-3-4-7-13-24-15-19-17-25(22-12-6-5-11-21(19)22)16-18-9-8-10-20(23)14-18/h5-6,8-12,14,17,24H,2-4,7,13,15-16H2,1H3. The zero-order valence-electron chi connectivity index (χ0n) is 15.0. The molecule has 25 heavy (non-hydrogen) atoms. The average Bonchev–Trinajstić information content (AvgIpc) is 2.96. The highest BCUT2D eigenvalue weighted by Gasteiger charge is 2.08. The summed E-state index contributed by atoms with van der Waals surface area (Å²) in [7, 11) is 0. The molecule has 1 N–H and O–H groups in total. The van der Waals surface area contributed by atoms with Crippen molar-refractivity contribution in [2.75, 3.05) is 6.54 Å². The highest BCUT2D eigenvalue weighted by molar-refractivity contribution is 6.30. The molecule has 0 aliphatic heterocycles. The molecule has 2 nitrogen and oxygen atoms in total. The summed E-state index contributed by atoms with van der Waals surface area (Å²) >= 11 is 6.14. The van der Waals surface area contributed by atoms with Crippen LogP contribution in [-0.2, 0) is 13.1 Å². The fraction of sp³-hybridized carbons (Fsp3) is 0.364. The number of nitrogens with zero attached hydrogens (tertiary/aromatic N) is 1. The van der Waals surface area contributed by atoms with E-state index in [2.05, 4.69) is 53.3 Å². The second kappa shape index (κ2) is 9.07. The molecule has 3 rings (SSSR count).